The van der Waals surface area contributed by atoms with E-state index in [1.54, 1.807) is 0 Å². The molecule has 1 rings (SSSR count). The lowest BCUT2D eigenvalue weighted by molar-refractivity contribution is -0.840. The highest BCUT2D eigenvalue weighted by Gasteiger charge is 2.22. The van der Waals surface area contributed by atoms with Gasteiger partial charge in [0.05, 0.1) is 25.4 Å². The van der Waals surface area contributed by atoms with Gasteiger partial charge in [-0.05, 0) is 0 Å². The van der Waals surface area contributed by atoms with E-state index in [-0.39, 0.29) is 6.04 Å². The maximum Gasteiger partial charge on any atom is 0.209 e. The van der Waals surface area contributed by atoms with Crippen LogP contribution in [0.15, 0.2) is 0 Å². The minimum atomic E-state index is -3.02. The molecule has 0 aromatic carbocycles. The van der Waals surface area contributed by atoms with Crippen molar-refractivity contribution in [2.75, 3.05) is 19.3 Å². The van der Waals surface area contributed by atoms with Gasteiger partial charge in [0.25, 0.3) is 0 Å². The molecule has 0 spiro atoms. The van der Waals surface area contributed by atoms with E-state index in [0.717, 1.165) is 24.4 Å². The van der Waals surface area contributed by atoms with Crippen LogP contribution in [-0.2, 0) is 10.0 Å². The Labute approximate surface area is 67.6 Å². The van der Waals surface area contributed by atoms with Crippen molar-refractivity contribution in [2.45, 2.75) is 12.5 Å². The Hall–Kier alpha value is -0.130. The van der Waals surface area contributed by atoms with Crippen LogP contribution < -0.4 is 9.62 Å². The van der Waals surface area contributed by atoms with Crippen LogP contribution in [0.4, 0.5) is 0 Å². The van der Waals surface area contributed by atoms with Gasteiger partial charge >= 0.3 is 0 Å². The molecule has 66 valence electrons. The minimum Gasteiger partial charge on any atom is -0.466 e. The van der Waals surface area contributed by atoms with E-state index in [4.69, 9.17) is 0 Å². The molecule has 0 radical (unpaired) electrons. The molecular weight excluding hydrogens is 164 g/mol. The molecule has 2 N–H and O–H groups in total. The van der Waals surface area contributed by atoms with E-state index in [1.165, 1.54) is 6.26 Å². The Morgan fingerprint density at radius 2 is 2.27 bits per heavy atom. The van der Waals surface area contributed by atoms with Gasteiger partial charge in [-0.2, -0.15) is 7.05 Å². The third-order valence-electron chi connectivity index (χ3n) is 1.76. The van der Waals surface area contributed by atoms with Crippen LogP contribution in [0.25, 0.3) is 0 Å². The number of quaternary nitrogens is 1. The van der Waals surface area contributed by atoms with Crippen LogP contribution in [0, 0.1) is 7.05 Å². The van der Waals surface area contributed by atoms with E-state index >= 15 is 0 Å². The van der Waals surface area contributed by atoms with Gasteiger partial charge in [-0.3, -0.25) is 0 Å². The summed E-state index contributed by atoms with van der Waals surface area (Å²) in [6.45, 7) is 1.75. The zero-order valence-corrected chi connectivity index (χ0v) is 7.45. The molecule has 1 saturated heterocycles. The summed E-state index contributed by atoms with van der Waals surface area (Å²) in [7, 11) is 0.778. The molecule has 5 heteroatoms. The molecule has 0 saturated carbocycles. The summed E-state index contributed by atoms with van der Waals surface area (Å²) in [6, 6.07) is 0.0949. The predicted octanol–water partition coefficient (Wildman–Crippen LogP) is -2.02. The maximum absolute atomic E-state index is 10.8. The molecule has 1 heterocycles. The SMILES string of the molecule is [CH2-][NH+]1CCC(NS(C)(=O)=O)C1. The second kappa shape index (κ2) is 3.08. The molecule has 0 aliphatic carbocycles. The lowest BCUT2D eigenvalue weighted by atomic mass is 10.3. The lowest BCUT2D eigenvalue weighted by Gasteiger charge is -2.12. The summed E-state index contributed by atoms with van der Waals surface area (Å²) in [5, 5.41) is 0. The first-order chi connectivity index (χ1) is 4.97. The number of hydrogen-bond acceptors (Lipinski definition) is 2. The third-order valence-corrected chi connectivity index (χ3v) is 2.52. The average Bonchev–Trinajstić information content (AvgIpc) is 2.10. The molecule has 4 nitrogen and oxygen atoms in total. The summed E-state index contributed by atoms with van der Waals surface area (Å²) in [5.41, 5.74) is 0. The van der Waals surface area contributed by atoms with Crippen LogP contribution in [0.5, 0.6) is 0 Å². The summed E-state index contributed by atoms with van der Waals surface area (Å²) in [5.74, 6) is 0. The highest BCUT2D eigenvalue weighted by Crippen LogP contribution is 1.94. The fraction of sp³-hybridized carbons (Fsp3) is 0.833. The van der Waals surface area contributed by atoms with E-state index in [0.29, 0.717) is 0 Å². The third kappa shape index (κ3) is 3.18. The van der Waals surface area contributed by atoms with Crippen molar-refractivity contribution in [3.8, 4) is 0 Å². The molecule has 1 aliphatic rings. The van der Waals surface area contributed by atoms with Crippen molar-refractivity contribution < 1.29 is 13.3 Å². The molecule has 11 heavy (non-hydrogen) atoms. The Morgan fingerprint density at radius 3 is 2.64 bits per heavy atom. The monoisotopic (exact) mass is 178 g/mol. The molecule has 1 fully saturated rings. The molecule has 0 aromatic rings. The fourth-order valence-electron chi connectivity index (χ4n) is 1.33. The van der Waals surface area contributed by atoms with Crippen molar-refractivity contribution in [1.29, 1.82) is 0 Å². The number of nitrogens with one attached hydrogen (secondary N) is 2. The predicted molar refractivity (Wildman–Crippen MR) is 42.4 cm³/mol. The Balaban J connectivity index is 2.41. The lowest BCUT2D eigenvalue weighted by Crippen LogP contribution is -3.05. The first-order valence-corrected chi connectivity index (χ1v) is 5.50. The molecular formula is C6H14N2O2S. The van der Waals surface area contributed by atoms with Crippen LogP contribution in [0.1, 0.15) is 6.42 Å². The maximum atomic E-state index is 10.8. The van der Waals surface area contributed by atoms with Crippen molar-refractivity contribution in [1.82, 2.24) is 4.72 Å². The average molecular weight is 178 g/mol. The second-order valence-electron chi connectivity index (χ2n) is 3.08. The Kier molecular flexibility index (Phi) is 2.51. The summed E-state index contributed by atoms with van der Waals surface area (Å²) < 4.78 is 24.1. The fourth-order valence-corrected chi connectivity index (χ4v) is 2.14. The zero-order valence-electron chi connectivity index (χ0n) is 6.63. The van der Waals surface area contributed by atoms with Crippen molar-refractivity contribution >= 4 is 10.0 Å². The van der Waals surface area contributed by atoms with Gasteiger partial charge in [0.2, 0.25) is 10.0 Å². The quantitative estimate of drug-likeness (QED) is 0.480. The zero-order chi connectivity index (χ0) is 8.48. The number of rotatable bonds is 2. The first kappa shape index (κ1) is 8.96. The van der Waals surface area contributed by atoms with Gasteiger partial charge in [-0.25, -0.2) is 13.1 Å². The standard InChI is InChI=1S/C6H14N2O2S/c1-8-4-3-6(5-8)7-11(2,9)10/h6-8H,1,3-5H2,2H3. The first-order valence-electron chi connectivity index (χ1n) is 3.61. The largest absolute Gasteiger partial charge is 0.466 e. The smallest absolute Gasteiger partial charge is 0.209 e. The van der Waals surface area contributed by atoms with Crippen LogP contribution in [0.2, 0.25) is 0 Å². The van der Waals surface area contributed by atoms with Gasteiger partial charge in [0.15, 0.2) is 0 Å². The highest BCUT2D eigenvalue weighted by atomic mass is 32.2. The van der Waals surface area contributed by atoms with Crippen LogP contribution >= 0.6 is 0 Å². The normalized spacial score (nSPS) is 32.5. The minimum absolute atomic E-state index is 0.0949. The molecule has 0 bridgehead atoms. The summed E-state index contributed by atoms with van der Waals surface area (Å²) in [4.78, 5) is 1.14. The van der Waals surface area contributed by atoms with Gasteiger partial charge in [0.1, 0.15) is 0 Å². The Bertz CT molecular complexity index is 225. The van der Waals surface area contributed by atoms with Crippen molar-refractivity contribution in [3.63, 3.8) is 0 Å². The topological polar surface area (TPSA) is 50.6 Å². The molecule has 0 aromatic heterocycles. The molecule has 0 amide bonds. The van der Waals surface area contributed by atoms with Gasteiger partial charge < -0.3 is 4.90 Å². The summed E-state index contributed by atoms with van der Waals surface area (Å²) >= 11 is 0. The van der Waals surface area contributed by atoms with Crippen LogP contribution in [-0.4, -0.2) is 33.8 Å². The van der Waals surface area contributed by atoms with E-state index in [1.807, 2.05) is 0 Å². The number of sulfonamides is 1. The molecule has 1 aliphatic heterocycles. The number of likely N-dealkylation sites (tertiary alicyclic amines) is 1. The Morgan fingerprint density at radius 1 is 1.64 bits per heavy atom. The van der Waals surface area contributed by atoms with E-state index in [9.17, 15) is 8.42 Å². The van der Waals surface area contributed by atoms with Gasteiger partial charge in [-0.15, -0.1) is 0 Å². The van der Waals surface area contributed by atoms with Gasteiger partial charge in [-0.1, -0.05) is 0 Å². The number of hydrogen-bond donors (Lipinski definition) is 2. The van der Waals surface area contributed by atoms with Crippen LogP contribution in [0.3, 0.4) is 0 Å². The van der Waals surface area contributed by atoms with Crippen molar-refractivity contribution in [2.24, 2.45) is 0 Å². The molecule has 2 atom stereocenters. The summed E-state index contributed by atoms with van der Waals surface area (Å²) in [6.07, 6.45) is 2.08. The van der Waals surface area contributed by atoms with Crippen molar-refractivity contribution in [3.05, 3.63) is 7.05 Å². The second-order valence-corrected chi connectivity index (χ2v) is 4.86. The van der Waals surface area contributed by atoms with E-state index < -0.39 is 10.0 Å². The van der Waals surface area contributed by atoms with Gasteiger partial charge in [0, 0.05) is 6.42 Å². The molecule has 2 unspecified atom stereocenters. The van der Waals surface area contributed by atoms with E-state index in [2.05, 4.69) is 11.8 Å². The highest BCUT2D eigenvalue weighted by molar-refractivity contribution is 7.88.